The van der Waals surface area contributed by atoms with Gasteiger partial charge in [0, 0.05) is 18.2 Å². The van der Waals surface area contributed by atoms with Crippen LogP contribution in [0.15, 0.2) is 0 Å². The lowest BCUT2D eigenvalue weighted by Gasteiger charge is -2.41. The molecule has 3 heteroatoms. The van der Waals surface area contributed by atoms with Crippen molar-refractivity contribution in [3.8, 4) is 0 Å². The number of hydrogen-bond donors (Lipinski definition) is 1. The summed E-state index contributed by atoms with van der Waals surface area (Å²) in [4.78, 5) is 2.27. The molecule has 0 aromatic heterocycles. The zero-order valence-corrected chi connectivity index (χ0v) is 12.0. The summed E-state index contributed by atoms with van der Waals surface area (Å²) < 4.78 is 5.64. The third kappa shape index (κ3) is 3.94. The van der Waals surface area contributed by atoms with Gasteiger partial charge < -0.3 is 15.4 Å². The van der Waals surface area contributed by atoms with E-state index in [4.69, 9.17) is 10.5 Å². The molecule has 2 N–H and O–H groups in total. The van der Waals surface area contributed by atoms with Gasteiger partial charge in [0.2, 0.25) is 0 Å². The molecule has 3 nitrogen and oxygen atoms in total. The molecular weight excluding hydrogens is 212 g/mol. The standard InChI is InChI=1S/C14H30N2O/c1-5-14(2,16(3)4)13(15)10-6-8-12-9-7-11-17-12/h12-13H,5-11,15H2,1-4H3. The van der Waals surface area contributed by atoms with Gasteiger partial charge >= 0.3 is 0 Å². The molecule has 0 radical (unpaired) electrons. The highest BCUT2D eigenvalue weighted by molar-refractivity contribution is 4.92. The van der Waals surface area contributed by atoms with Crippen molar-refractivity contribution in [2.45, 2.75) is 70.1 Å². The first kappa shape index (κ1) is 14.9. The maximum atomic E-state index is 6.37. The second kappa shape index (κ2) is 6.72. The number of ether oxygens (including phenoxy) is 1. The van der Waals surface area contributed by atoms with E-state index in [1.54, 1.807) is 0 Å². The van der Waals surface area contributed by atoms with E-state index in [1.165, 1.54) is 25.7 Å². The highest BCUT2D eigenvalue weighted by Gasteiger charge is 2.31. The summed E-state index contributed by atoms with van der Waals surface area (Å²) in [5, 5.41) is 0. The van der Waals surface area contributed by atoms with E-state index in [0.717, 1.165) is 19.4 Å². The molecule has 3 atom stereocenters. The number of nitrogens with zero attached hydrogens (tertiary/aromatic N) is 1. The molecule has 1 rings (SSSR count). The third-order valence-corrected chi connectivity index (χ3v) is 4.60. The fourth-order valence-corrected chi connectivity index (χ4v) is 2.66. The molecule has 1 saturated heterocycles. The van der Waals surface area contributed by atoms with Crippen LogP contribution < -0.4 is 5.73 Å². The van der Waals surface area contributed by atoms with Crippen LogP contribution in [0.1, 0.15) is 52.4 Å². The van der Waals surface area contributed by atoms with Crippen LogP contribution in [0.5, 0.6) is 0 Å². The maximum absolute atomic E-state index is 6.37. The van der Waals surface area contributed by atoms with Gasteiger partial charge in [-0.2, -0.15) is 0 Å². The monoisotopic (exact) mass is 242 g/mol. The van der Waals surface area contributed by atoms with Crippen LogP contribution >= 0.6 is 0 Å². The average molecular weight is 242 g/mol. The molecule has 1 aliphatic rings. The van der Waals surface area contributed by atoms with Crippen molar-refractivity contribution >= 4 is 0 Å². The average Bonchev–Trinajstić information content (AvgIpc) is 2.80. The topological polar surface area (TPSA) is 38.5 Å². The summed E-state index contributed by atoms with van der Waals surface area (Å²) in [5.74, 6) is 0. The van der Waals surface area contributed by atoms with Crippen molar-refractivity contribution in [3.05, 3.63) is 0 Å². The molecule has 0 bridgehead atoms. The van der Waals surface area contributed by atoms with Gasteiger partial charge in [0.25, 0.3) is 0 Å². The largest absolute Gasteiger partial charge is 0.378 e. The van der Waals surface area contributed by atoms with Crippen LogP contribution in [0.3, 0.4) is 0 Å². The zero-order valence-electron chi connectivity index (χ0n) is 12.0. The van der Waals surface area contributed by atoms with Crippen LogP contribution in [0.25, 0.3) is 0 Å². The normalized spacial score (nSPS) is 26.1. The highest BCUT2D eigenvalue weighted by Crippen LogP contribution is 2.24. The number of likely N-dealkylation sites (N-methyl/N-ethyl adjacent to an activating group) is 1. The number of hydrogen-bond acceptors (Lipinski definition) is 3. The predicted molar refractivity (Wildman–Crippen MR) is 73.2 cm³/mol. The Morgan fingerprint density at radius 3 is 2.65 bits per heavy atom. The molecule has 1 fully saturated rings. The molecule has 17 heavy (non-hydrogen) atoms. The summed E-state index contributed by atoms with van der Waals surface area (Å²) in [6.45, 7) is 5.45. The molecule has 0 aliphatic carbocycles. The van der Waals surface area contributed by atoms with Gasteiger partial charge in [-0.25, -0.2) is 0 Å². The van der Waals surface area contributed by atoms with Crippen molar-refractivity contribution in [1.82, 2.24) is 4.90 Å². The predicted octanol–water partition coefficient (Wildman–Crippen LogP) is 2.39. The first-order valence-electron chi connectivity index (χ1n) is 7.05. The van der Waals surface area contributed by atoms with Gasteiger partial charge in [0.05, 0.1) is 6.10 Å². The number of nitrogens with two attached hydrogens (primary N) is 1. The zero-order chi connectivity index (χ0) is 12.9. The van der Waals surface area contributed by atoms with Crippen LogP contribution in [-0.2, 0) is 4.74 Å². The lowest BCUT2D eigenvalue weighted by Crippen LogP contribution is -2.54. The summed E-state index contributed by atoms with van der Waals surface area (Å²) in [7, 11) is 4.26. The van der Waals surface area contributed by atoms with E-state index < -0.39 is 0 Å². The Balaban J connectivity index is 2.29. The Kier molecular flexibility index (Phi) is 5.90. The molecular formula is C14H30N2O. The maximum Gasteiger partial charge on any atom is 0.0576 e. The van der Waals surface area contributed by atoms with Gasteiger partial charge in [-0.3, -0.25) is 0 Å². The van der Waals surface area contributed by atoms with E-state index in [1.807, 2.05) is 0 Å². The fourth-order valence-electron chi connectivity index (χ4n) is 2.66. The van der Waals surface area contributed by atoms with E-state index in [0.29, 0.717) is 6.10 Å². The van der Waals surface area contributed by atoms with Gasteiger partial charge in [0.1, 0.15) is 0 Å². The highest BCUT2D eigenvalue weighted by atomic mass is 16.5. The Labute approximate surface area is 107 Å². The molecule has 1 heterocycles. The fraction of sp³-hybridized carbons (Fsp3) is 1.00. The summed E-state index contributed by atoms with van der Waals surface area (Å²) >= 11 is 0. The first-order valence-corrected chi connectivity index (χ1v) is 7.05. The molecule has 0 aromatic carbocycles. The van der Waals surface area contributed by atoms with Crippen molar-refractivity contribution in [2.24, 2.45) is 5.73 Å². The van der Waals surface area contributed by atoms with Gasteiger partial charge in [-0.05, 0) is 59.5 Å². The SMILES string of the molecule is CCC(C)(C(N)CCCC1CCCO1)N(C)C. The minimum atomic E-state index is 0.122. The van der Waals surface area contributed by atoms with E-state index >= 15 is 0 Å². The molecule has 1 aliphatic heterocycles. The first-order chi connectivity index (χ1) is 8.00. The Bertz CT molecular complexity index is 214. The molecule has 3 unspecified atom stereocenters. The lowest BCUT2D eigenvalue weighted by molar-refractivity contribution is 0.0942. The van der Waals surface area contributed by atoms with Gasteiger partial charge in [-0.1, -0.05) is 6.92 Å². The summed E-state index contributed by atoms with van der Waals surface area (Å²) in [6.07, 6.45) is 7.56. The molecule has 0 spiro atoms. The second-order valence-electron chi connectivity index (χ2n) is 5.78. The molecule has 0 aromatic rings. The molecule has 0 saturated carbocycles. The van der Waals surface area contributed by atoms with Crippen molar-refractivity contribution in [1.29, 1.82) is 0 Å². The van der Waals surface area contributed by atoms with Crippen LogP contribution in [0.4, 0.5) is 0 Å². The van der Waals surface area contributed by atoms with Crippen LogP contribution in [-0.4, -0.2) is 43.3 Å². The van der Waals surface area contributed by atoms with Crippen molar-refractivity contribution in [2.75, 3.05) is 20.7 Å². The minimum absolute atomic E-state index is 0.122. The second-order valence-corrected chi connectivity index (χ2v) is 5.78. The van der Waals surface area contributed by atoms with E-state index in [2.05, 4.69) is 32.8 Å². The molecule has 0 amide bonds. The van der Waals surface area contributed by atoms with E-state index in [9.17, 15) is 0 Å². The third-order valence-electron chi connectivity index (χ3n) is 4.60. The Morgan fingerprint density at radius 1 is 1.47 bits per heavy atom. The molecule has 102 valence electrons. The quantitative estimate of drug-likeness (QED) is 0.745. The van der Waals surface area contributed by atoms with Crippen molar-refractivity contribution < 1.29 is 4.74 Å². The minimum Gasteiger partial charge on any atom is -0.378 e. The van der Waals surface area contributed by atoms with E-state index in [-0.39, 0.29) is 11.6 Å². The van der Waals surface area contributed by atoms with Crippen LogP contribution in [0.2, 0.25) is 0 Å². The van der Waals surface area contributed by atoms with Crippen LogP contribution in [0, 0.1) is 0 Å². The van der Waals surface area contributed by atoms with Gasteiger partial charge in [-0.15, -0.1) is 0 Å². The summed E-state index contributed by atoms with van der Waals surface area (Å²) in [6, 6.07) is 0.254. The lowest BCUT2D eigenvalue weighted by atomic mass is 9.85. The smallest absolute Gasteiger partial charge is 0.0576 e. The number of rotatable bonds is 7. The van der Waals surface area contributed by atoms with Gasteiger partial charge in [0.15, 0.2) is 0 Å². The Hall–Kier alpha value is -0.120. The Morgan fingerprint density at radius 2 is 2.18 bits per heavy atom. The van der Waals surface area contributed by atoms with Crippen molar-refractivity contribution in [3.63, 3.8) is 0 Å². The summed E-state index contributed by atoms with van der Waals surface area (Å²) in [5.41, 5.74) is 6.49.